The Morgan fingerprint density at radius 1 is 1.00 bits per heavy atom. The highest BCUT2D eigenvalue weighted by atomic mass is 127. The normalized spacial score (nSPS) is 11.6. The first kappa shape index (κ1) is 11.7. The lowest BCUT2D eigenvalue weighted by atomic mass is 10.1. The molecule has 0 spiro atoms. The van der Waals surface area contributed by atoms with Gasteiger partial charge in [0.15, 0.2) is 0 Å². The molecule has 2 nitrogen and oxygen atoms in total. The number of aromatic nitrogens is 1. The van der Waals surface area contributed by atoms with Crippen LogP contribution in [0.4, 0.5) is 14.5 Å². The second-order valence-corrected chi connectivity index (χ2v) is 5.40. The molecule has 0 unspecified atom stereocenters. The average Bonchev–Trinajstić information content (AvgIpc) is 2.56. The van der Waals surface area contributed by atoms with E-state index in [2.05, 4.69) is 0 Å². The molecule has 1 aromatic heterocycles. The Labute approximate surface area is 116 Å². The molecule has 0 radical (unpaired) electrons. The zero-order chi connectivity index (χ0) is 13.0. The number of nitrogens with two attached hydrogens (primary N) is 1. The summed E-state index contributed by atoms with van der Waals surface area (Å²) in [4.78, 5) is 0. The number of hydrogen-bond donors (Lipinski definition) is 1. The molecule has 2 aromatic carbocycles. The lowest BCUT2D eigenvalue weighted by Crippen LogP contribution is -1.92. The maximum absolute atomic E-state index is 13.6. The van der Waals surface area contributed by atoms with Crippen molar-refractivity contribution in [2.24, 2.45) is 7.05 Å². The van der Waals surface area contributed by atoms with Gasteiger partial charge in [-0.15, -0.1) is 0 Å². The standard InChI is InChI=1S/C13H9F2IN2/c1-18-12-4-8(14)10(16)2-6(12)7-3-11(17)9(15)5-13(7)18/h2-5H,17H2,1H3. The summed E-state index contributed by atoms with van der Waals surface area (Å²) in [7, 11) is 1.78. The molecule has 0 atom stereocenters. The Morgan fingerprint density at radius 2 is 1.56 bits per heavy atom. The van der Waals surface area contributed by atoms with E-state index in [-0.39, 0.29) is 11.5 Å². The van der Waals surface area contributed by atoms with Crippen molar-refractivity contribution in [1.29, 1.82) is 0 Å². The van der Waals surface area contributed by atoms with Crippen LogP contribution in [-0.4, -0.2) is 4.57 Å². The summed E-state index contributed by atoms with van der Waals surface area (Å²) in [5, 5.41) is 1.72. The third-order valence-electron chi connectivity index (χ3n) is 3.17. The van der Waals surface area contributed by atoms with Crippen LogP contribution in [-0.2, 0) is 7.05 Å². The van der Waals surface area contributed by atoms with E-state index in [0.29, 0.717) is 9.09 Å². The number of hydrogen-bond acceptors (Lipinski definition) is 1. The summed E-state index contributed by atoms with van der Waals surface area (Å²) in [6, 6.07) is 6.20. The molecule has 0 bridgehead atoms. The van der Waals surface area contributed by atoms with Gasteiger partial charge in [0.2, 0.25) is 0 Å². The first-order valence-electron chi connectivity index (χ1n) is 5.31. The van der Waals surface area contributed by atoms with Gasteiger partial charge in [-0.1, -0.05) is 0 Å². The molecule has 0 amide bonds. The van der Waals surface area contributed by atoms with E-state index in [1.165, 1.54) is 12.1 Å². The van der Waals surface area contributed by atoms with Gasteiger partial charge in [-0.05, 0) is 40.8 Å². The van der Waals surface area contributed by atoms with Gasteiger partial charge in [0.1, 0.15) is 11.6 Å². The van der Waals surface area contributed by atoms with E-state index in [0.717, 1.165) is 16.3 Å². The molecule has 0 aliphatic rings. The molecule has 3 rings (SSSR count). The third-order valence-corrected chi connectivity index (χ3v) is 3.99. The largest absolute Gasteiger partial charge is 0.396 e. The minimum atomic E-state index is -0.455. The molecule has 2 N–H and O–H groups in total. The van der Waals surface area contributed by atoms with Crippen molar-refractivity contribution < 1.29 is 8.78 Å². The molecule has 0 aliphatic heterocycles. The van der Waals surface area contributed by atoms with Gasteiger partial charge in [0.05, 0.1) is 16.7 Å². The van der Waals surface area contributed by atoms with Crippen molar-refractivity contribution in [3.05, 3.63) is 39.5 Å². The summed E-state index contributed by atoms with van der Waals surface area (Å²) < 4.78 is 29.4. The van der Waals surface area contributed by atoms with E-state index in [1.807, 2.05) is 22.6 Å². The minimum absolute atomic E-state index is 0.106. The Hall–Kier alpha value is -1.37. The van der Waals surface area contributed by atoms with Crippen LogP contribution in [0.25, 0.3) is 21.8 Å². The molecular weight excluding hydrogens is 349 g/mol. The lowest BCUT2D eigenvalue weighted by molar-refractivity contribution is 0.621. The molecule has 3 aromatic rings. The van der Waals surface area contributed by atoms with Gasteiger partial charge in [-0.3, -0.25) is 0 Å². The summed E-state index contributed by atoms with van der Waals surface area (Å²) in [6.45, 7) is 0. The van der Waals surface area contributed by atoms with Crippen LogP contribution in [0, 0.1) is 15.2 Å². The number of nitrogens with zero attached hydrogens (tertiary/aromatic N) is 1. The number of rotatable bonds is 0. The maximum atomic E-state index is 13.6. The van der Waals surface area contributed by atoms with Crippen molar-refractivity contribution in [2.45, 2.75) is 0 Å². The van der Waals surface area contributed by atoms with Gasteiger partial charge >= 0.3 is 0 Å². The molecule has 1 heterocycles. The second-order valence-electron chi connectivity index (χ2n) is 4.23. The molecule has 18 heavy (non-hydrogen) atoms. The molecule has 0 saturated carbocycles. The molecule has 0 aliphatic carbocycles. The summed E-state index contributed by atoms with van der Waals surface area (Å²) in [5.41, 5.74) is 7.14. The van der Waals surface area contributed by atoms with Crippen molar-refractivity contribution >= 4 is 50.1 Å². The monoisotopic (exact) mass is 358 g/mol. The molecule has 0 saturated heterocycles. The second kappa shape index (κ2) is 3.81. The Bertz CT molecular complexity index is 728. The van der Waals surface area contributed by atoms with E-state index in [1.54, 1.807) is 23.7 Å². The zero-order valence-corrected chi connectivity index (χ0v) is 11.6. The lowest BCUT2D eigenvalue weighted by Gasteiger charge is -1.99. The topological polar surface area (TPSA) is 30.9 Å². The van der Waals surface area contributed by atoms with Crippen LogP contribution in [0.2, 0.25) is 0 Å². The molecule has 0 fully saturated rings. The fraction of sp³-hybridized carbons (Fsp3) is 0.0769. The van der Waals surface area contributed by atoms with Crippen LogP contribution in [0.5, 0.6) is 0 Å². The number of halogens is 3. The number of aryl methyl sites for hydroxylation is 1. The Morgan fingerprint density at radius 3 is 2.22 bits per heavy atom. The van der Waals surface area contributed by atoms with Gasteiger partial charge in [0, 0.05) is 27.5 Å². The third kappa shape index (κ3) is 1.50. The van der Waals surface area contributed by atoms with Gasteiger partial charge in [-0.25, -0.2) is 8.78 Å². The number of nitrogen functional groups attached to an aromatic ring is 1. The molecule has 92 valence electrons. The van der Waals surface area contributed by atoms with Crippen LogP contribution in [0.3, 0.4) is 0 Å². The summed E-state index contributed by atoms with van der Waals surface area (Å²) >= 11 is 1.94. The van der Waals surface area contributed by atoms with E-state index in [9.17, 15) is 8.78 Å². The minimum Gasteiger partial charge on any atom is -0.396 e. The Balaban J connectivity index is 2.58. The van der Waals surface area contributed by atoms with Gasteiger partial charge in [-0.2, -0.15) is 0 Å². The summed E-state index contributed by atoms with van der Waals surface area (Å²) in [6.07, 6.45) is 0. The van der Waals surface area contributed by atoms with E-state index < -0.39 is 5.82 Å². The fourth-order valence-electron chi connectivity index (χ4n) is 2.23. The quantitative estimate of drug-likeness (QED) is 0.481. The zero-order valence-electron chi connectivity index (χ0n) is 9.47. The SMILES string of the molecule is Cn1c2cc(F)c(N)cc2c2cc(I)c(F)cc21. The van der Waals surface area contributed by atoms with Crippen molar-refractivity contribution in [2.75, 3.05) is 5.73 Å². The van der Waals surface area contributed by atoms with Crippen LogP contribution >= 0.6 is 22.6 Å². The van der Waals surface area contributed by atoms with Crippen LogP contribution < -0.4 is 5.73 Å². The fourth-order valence-corrected chi connectivity index (χ4v) is 2.70. The Kier molecular flexibility index (Phi) is 2.48. The number of benzene rings is 2. The highest BCUT2D eigenvalue weighted by Crippen LogP contribution is 2.32. The molecule has 5 heteroatoms. The van der Waals surface area contributed by atoms with Gasteiger partial charge < -0.3 is 10.3 Å². The first-order chi connectivity index (χ1) is 8.49. The van der Waals surface area contributed by atoms with E-state index in [4.69, 9.17) is 5.73 Å². The highest BCUT2D eigenvalue weighted by Gasteiger charge is 2.13. The molecular formula is C13H9F2IN2. The van der Waals surface area contributed by atoms with E-state index >= 15 is 0 Å². The number of fused-ring (bicyclic) bond motifs is 3. The van der Waals surface area contributed by atoms with Crippen molar-refractivity contribution in [1.82, 2.24) is 4.57 Å². The smallest absolute Gasteiger partial charge is 0.148 e. The van der Waals surface area contributed by atoms with Crippen molar-refractivity contribution in [3.8, 4) is 0 Å². The van der Waals surface area contributed by atoms with Crippen molar-refractivity contribution in [3.63, 3.8) is 0 Å². The summed E-state index contributed by atoms with van der Waals surface area (Å²) in [5.74, 6) is -0.731. The number of anilines is 1. The maximum Gasteiger partial charge on any atom is 0.148 e. The van der Waals surface area contributed by atoms with Crippen LogP contribution in [0.1, 0.15) is 0 Å². The predicted molar refractivity (Wildman–Crippen MR) is 77.5 cm³/mol. The van der Waals surface area contributed by atoms with Crippen LogP contribution in [0.15, 0.2) is 24.3 Å². The predicted octanol–water partition coefficient (Wildman–Crippen LogP) is 3.80. The van der Waals surface area contributed by atoms with Gasteiger partial charge in [0.25, 0.3) is 0 Å². The first-order valence-corrected chi connectivity index (χ1v) is 6.39. The average molecular weight is 358 g/mol. The highest BCUT2D eigenvalue weighted by molar-refractivity contribution is 14.1.